The predicted octanol–water partition coefficient (Wildman–Crippen LogP) is 0.853. The third kappa shape index (κ3) is 2.61. The summed E-state index contributed by atoms with van der Waals surface area (Å²) in [4.78, 5) is 2.07. The predicted molar refractivity (Wildman–Crippen MR) is 49.6 cm³/mol. The second kappa shape index (κ2) is 3.52. The number of likely N-dealkylation sites (tertiary alicyclic amines) is 1. The zero-order valence-corrected chi connectivity index (χ0v) is 8.82. The molecule has 1 aliphatic rings. The average molecular weight is 211 g/mol. The van der Waals surface area contributed by atoms with Crippen LogP contribution in [0.15, 0.2) is 0 Å². The quantitative estimate of drug-likeness (QED) is 0.649. The molecular weight excluding hydrogens is 198 g/mol. The Balaban J connectivity index is 2.30. The Labute approximate surface area is 78.1 Å². The maximum atomic E-state index is 10.8. The first kappa shape index (κ1) is 10.3. The second-order valence-corrected chi connectivity index (χ2v) is 6.41. The summed E-state index contributed by atoms with van der Waals surface area (Å²) in [6.45, 7) is 6.10. The van der Waals surface area contributed by atoms with Crippen LogP contribution in [0.5, 0.6) is 0 Å². The first-order valence-corrected chi connectivity index (χ1v) is 6.21. The zero-order valence-electron chi connectivity index (χ0n) is 7.25. The van der Waals surface area contributed by atoms with Gasteiger partial charge in [-0.15, -0.1) is 0 Å². The topological polar surface area (TPSA) is 37.4 Å². The van der Waals surface area contributed by atoms with Crippen LogP contribution < -0.4 is 0 Å². The van der Waals surface area contributed by atoms with Gasteiger partial charge in [-0.25, -0.2) is 8.42 Å². The van der Waals surface area contributed by atoms with Gasteiger partial charge in [-0.1, -0.05) is 13.8 Å². The van der Waals surface area contributed by atoms with E-state index in [-0.39, 0.29) is 5.25 Å². The van der Waals surface area contributed by atoms with E-state index < -0.39 is 9.05 Å². The van der Waals surface area contributed by atoms with Crippen LogP contribution in [0.3, 0.4) is 0 Å². The van der Waals surface area contributed by atoms with Crippen molar-refractivity contribution in [1.82, 2.24) is 4.90 Å². The first-order chi connectivity index (χ1) is 5.39. The minimum atomic E-state index is -3.31. The SMILES string of the molecule is C[C](C)CN1CC(S(=O)(=O)Cl)C1. The van der Waals surface area contributed by atoms with Crippen LogP contribution in [-0.2, 0) is 9.05 Å². The lowest BCUT2D eigenvalue weighted by Gasteiger charge is -2.37. The van der Waals surface area contributed by atoms with Gasteiger partial charge in [0.05, 0.1) is 0 Å². The highest BCUT2D eigenvalue weighted by Crippen LogP contribution is 2.20. The molecular formula is C7H13ClNO2S. The average Bonchev–Trinajstić information content (AvgIpc) is 1.73. The Hall–Kier alpha value is 0.200. The maximum Gasteiger partial charge on any atom is 0.237 e. The van der Waals surface area contributed by atoms with Crippen LogP contribution in [0.4, 0.5) is 0 Å². The van der Waals surface area contributed by atoms with E-state index in [1.54, 1.807) is 0 Å². The van der Waals surface area contributed by atoms with Crippen molar-refractivity contribution in [3.8, 4) is 0 Å². The molecule has 1 radical (unpaired) electrons. The van der Waals surface area contributed by atoms with Crippen molar-refractivity contribution < 1.29 is 8.42 Å². The Kier molecular flexibility index (Phi) is 3.01. The van der Waals surface area contributed by atoms with Gasteiger partial charge in [0.25, 0.3) is 0 Å². The molecule has 1 heterocycles. The van der Waals surface area contributed by atoms with Crippen LogP contribution in [-0.4, -0.2) is 38.2 Å². The van der Waals surface area contributed by atoms with Gasteiger partial charge in [0.15, 0.2) is 0 Å². The highest BCUT2D eigenvalue weighted by molar-refractivity contribution is 8.14. The largest absolute Gasteiger partial charge is 0.300 e. The summed E-state index contributed by atoms with van der Waals surface area (Å²) in [6.07, 6.45) is 0. The van der Waals surface area contributed by atoms with E-state index in [1.165, 1.54) is 5.92 Å². The van der Waals surface area contributed by atoms with Gasteiger partial charge >= 0.3 is 0 Å². The van der Waals surface area contributed by atoms with Gasteiger partial charge in [-0.2, -0.15) is 0 Å². The highest BCUT2D eigenvalue weighted by atomic mass is 35.7. The molecule has 5 heteroatoms. The van der Waals surface area contributed by atoms with E-state index in [0.717, 1.165) is 6.54 Å². The van der Waals surface area contributed by atoms with Crippen LogP contribution in [0.2, 0.25) is 0 Å². The molecule has 71 valence electrons. The Morgan fingerprint density at radius 1 is 1.50 bits per heavy atom. The number of nitrogens with zero attached hydrogens (tertiary/aromatic N) is 1. The zero-order chi connectivity index (χ0) is 9.35. The number of hydrogen-bond donors (Lipinski definition) is 0. The Morgan fingerprint density at radius 2 is 2.00 bits per heavy atom. The fourth-order valence-corrected chi connectivity index (χ4v) is 2.39. The van der Waals surface area contributed by atoms with E-state index in [0.29, 0.717) is 13.1 Å². The fourth-order valence-electron chi connectivity index (χ4n) is 1.28. The summed E-state index contributed by atoms with van der Waals surface area (Å²) in [5, 5.41) is -0.349. The molecule has 3 nitrogen and oxygen atoms in total. The van der Waals surface area contributed by atoms with Crippen molar-refractivity contribution in [3.63, 3.8) is 0 Å². The van der Waals surface area contributed by atoms with Crippen molar-refractivity contribution in [1.29, 1.82) is 0 Å². The number of rotatable bonds is 3. The minimum Gasteiger partial charge on any atom is -0.300 e. The van der Waals surface area contributed by atoms with Crippen molar-refractivity contribution in [2.75, 3.05) is 19.6 Å². The number of halogens is 1. The monoisotopic (exact) mass is 210 g/mol. The van der Waals surface area contributed by atoms with Crippen molar-refractivity contribution in [2.24, 2.45) is 0 Å². The highest BCUT2D eigenvalue weighted by Gasteiger charge is 2.35. The molecule has 0 bridgehead atoms. The summed E-state index contributed by atoms with van der Waals surface area (Å²) >= 11 is 0. The lowest BCUT2D eigenvalue weighted by atomic mass is 10.1. The minimum absolute atomic E-state index is 0.349. The molecule has 0 N–H and O–H groups in total. The summed E-state index contributed by atoms with van der Waals surface area (Å²) in [5.41, 5.74) is 0. The van der Waals surface area contributed by atoms with E-state index in [9.17, 15) is 8.42 Å². The molecule has 0 spiro atoms. The van der Waals surface area contributed by atoms with E-state index in [4.69, 9.17) is 10.7 Å². The van der Waals surface area contributed by atoms with Crippen molar-refractivity contribution >= 4 is 19.7 Å². The Bertz CT molecular complexity index is 244. The molecule has 1 saturated heterocycles. The third-order valence-electron chi connectivity index (χ3n) is 1.86. The summed E-state index contributed by atoms with van der Waals surface area (Å²) in [5.74, 6) is 1.29. The molecule has 0 aromatic rings. The van der Waals surface area contributed by atoms with E-state index in [2.05, 4.69) is 4.90 Å². The number of hydrogen-bond acceptors (Lipinski definition) is 3. The Morgan fingerprint density at radius 3 is 2.33 bits per heavy atom. The van der Waals surface area contributed by atoms with Gasteiger partial charge in [0.2, 0.25) is 9.05 Å². The van der Waals surface area contributed by atoms with Gasteiger partial charge in [0, 0.05) is 30.3 Å². The molecule has 12 heavy (non-hydrogen) atoms. The van der Waals surface area contributed by atoms with E-state index in [1.807, 2.05) is 13.8 Å². The summed E-state index contributed by atoms with van der Waals surface area (Å²) in [6, 6.07) is 0. The van der Waals surface area contributed by atoms with Crippen LogP contribution >= 0.6 is 10.7 Å². The molecule has 0 atom stereocenters. The fraction of sp³-hybridized carbons (Fsp3) is 0.857. The first-order valence-electron chi connectivity index (χ1n) is 3.84. The molecule has 0 amide bonds. The standard InChI is InChI=1S/C7H13ClNO2S/c1-6(2)3-9-4-7(5-9)12(8,10)11/h7H,3-5H2,1-2H3. The van der Waals surface area contributed by atoms with Crippen LogP contribution in [0.1, 0.15) is 13.8 Å². The summed E-state index contributed by atoms with van der Waals surface area (Å²) in [7, 11) is 1.86. The maximum absolute atomic E-state index is 10.8. The molecule has 0 unspecified atom stereocenters. The summed E-state index contributed by atoms with van der Waals surface area (Å²) < 4.78 is 21.6. The molecule has 0 aromatic heterocycles. The van der Waals surface area contributed by atoms with Crippen molar-refractivity contribution in [2.45, 2.75) is 19.1 Å². The second-order valence-electron chi connectivity index (χ2n) is 3.50. The normalized spacial score (nSPS) is 21.3. The molecule has 0 saturated carbocycles. The van der Waals surface area contributed by atoms with Crippen molar-refractivity contribution in [3.05, 3.63) is 5.92 Å². The van der Waals surface area contributed by atoms with Gasteiger partial charge < -0.3 is 4.90 Å². The molecule has 1 aliphatic heterocycles. The van der Waals surface area contributed by atoms with Crippen LogP contribution in [0.25, 0.3) is 0 Å². The van der Waals surface area contributed by atoms with Gasteiger partial charge in [-0.05, 0) is 5.92 Å². The van der Waals surface area contributed by atoms with Gasteiger partial charge in [-0.3, -0.25) is 0 Å². The molecule has 0 aliphatic carbocycles. The third-order valence-corrected chi connectivity index (χ3v) is 3.71. The lowest BCUT2D eigenvalue weighted by Crippen LogP contribution is -2.54. The van der Waals surface area contributed by atoms with Gasteiger partial charge in [0.1, 0.15) is 5.25 Å². The molecule has 0 aromatic carbocycles. The van der Waals surface area contributed by atoms with Crippen LogP contribution in [0, 0.1) is 5.92 Å². The molecule has 1 fully saturated rings. The molecule has 1 rings (SSSR count). The van der Waals surface area contributed by atoms with E-state index >= 15 is 0 Å². The smallest absolute Gasteiger partial charge is 0.237 e. The lowest BCUT2D eigenvalue weighted by molar-refractivity contribution is 0.194.